The van der Waals surface area contributed by atoms with Crippen LogP contribution in [0.15, 0.2) is 12.7 Å². The summed E-state index contributed by atoms with van der Waals surface area (Å²) in [6, 6.07) is 0. The largest absolute Gasteiger partial charge is 0.377 e. The highest BCUT2D eigenvalue weighted by Crippen LogP contribution is 2.28. The molecule has 1 rings (SSSR count). The fraction of sp³-hybridized carbons (Fsp3) is 0.727. The number of aldehydes is 1. The van der Waals surface area contributed by atoms with Crippen molar-refractivity contribution in [3.8, 4) is 0 Å². The highest BCUT2D eigenvalue weighted by molar-refractivity contribution is 5.53. The van der Waals surface area contributed by atoms with Gasteiger partial charge in [-0.25, -0.2) is 0 Å². The van der Waals surface area contributed by atoms with Gasteiger partial charge in [0.05, 0.1) is 26.4 Å². The normalized spacial score (nSPS) is 31.1. The Morgan fingerprint density at radius 1 is 1.53 bits per heavy atom. The average Bonchev–Trinajstić information content (AvgIpc) is 2.30. The minimum Gasteiger partial charge on any atom is -0.377 e. The first-order valence-electron chi connectivity index (χ1n) is 5.13. The molecule has 86 valence electrons. The van der Waals surface area contributed by atoms with E-state index in [-0.39, 0.29) is 5.41 Å². The number of carbonyl (C=O) groups is 1. The Balaban J connectivity index is 2.40. The van der Waals surface area contributed by atoms with E-state index in [1.165, 1.54) is 0 Å². The predicted octanol–water partition coefficient (Wildman–Crippen LogP) is 1.16. The lowest BCUT2D eigenvalue weighted by atomic mass is 9.87. The van der Waals surface area contributed by atoms with E-state index >= 15 is 0 Å². The summed E-state index contributed by atoms with van der Waals surface area (Å²) in [5, 5.41) is 0. The molecule has 1 fully saturated rings. The first-order valence-corrected chi connectivity index (χ1v) is 5.13. The summed E-state index contributed by atoms with van der Waals surface area (Å²) in [6.07, 6.45) is 2.58. The van der Waals surface area contributed by atoms with Gasteiger partial charge in [0.2, 0.25) is 6.29 Å². The molecule has 0 radical (unpaired) electrons. The van der Waals surface area contributed by atoms with Gasteiger partial charge in [0.1, 0.15) is 0 Å². The quantitative estimate of drug-likeness (QED) is 0.378. The van der Waals surface area contributed by atoms with Crippen LogP contribution in [0.25, 0.3) is 0 Å². The van der Waals surface area contributed by atoms with Gasteiger partial charge in [0.25, 0.3) is 0 Å². The van der Waals surface area contributed by atoms with Crippen LogP contribution in [0.1, 0.15) is 13.3 Å². The number of ether oxygens (including phenoxy) is 3. The Morgan fingerprint density at radius 3 is 2.67 bits per heavy atom. The van der Waals surface area contributed by atoms with Gasteiger partial charge in [-0.1, -0.05) is 13.0 Å². The molecule has 0 amide bonds. The van der Waals surface area contributed by atoms with Gasteiger partial charge in [0, 0.05) is 5.41 Å². The molecule has 1 aliphatic rings. The van der Waals surface area contributed by atoms with Crippen LogP contribution >= 0.6 is 0 Å². The molecule has 0 aliphatic carbocycles. The van der Waals surface area contributed by atoms with Crippen LogP contribution in [-0.2, 0) is 19.0 Å². The fourth-order valence-corrected chi connectivity index (χ4v) is 1.43. The van der Waals surface area contributed by atoms with Gasteiger partial charge < -0.3 is 14.2 Å². The highest BCUT2D eigenvalue weighted by atomic mass is 16.7. The van der Waals surface area contributed by atoms with Crippen molar-refractivity contribution >= 4 is 6.29 Å². The molecule has 0 spiro atoms. The van der Waals surface area contributed by atoms with Gasteiger partial charge >= 0.3 is 0 Å². The molecule has 0 bridgehead atoms. The predicted molar refractivity (Wildman–Crippen MR) is 55.5 cm³/mol. The summed E-state index contributed by atoms with van der Waals surface area (Å²) in [6.45, 7) is 7.75. The molecule has 1 saturated heterocycles. The molecule has 0 saturated carbocycles. The van der Waals surface area contributed by atoms with E-state index in [9.17, 15) is 4.79 Å². The topological polar surface area (TPSA) is 44.8 Å². The second kappa shape index (κ2) is 6.00. The summed E-state index contributed by atoms with van der Waals surface area (Å²) in [5.41, 5.74) is -0.123. The zero-order valence-corrected chi connectivity index (χ0v) is 9.11. The molecule has 4 heteroatoms. The average molecular weight is 214 g/mol. The van der Waals surface area contributed by atoms with Crippen molar-refractivity contribution in [3.63, 3.8) is 0 Å². The Hall–Kier alpha value is -0.710. The van der Waals surface area contributed by atoms with Gasteiger partial charge in [0.15, 0.2) is 6.29 Å². The molecular formula is C11H18O4. The van der Waals surface area contributed by atoms with Crippen LogP contribution in [0, 0.1) is 5.41 Å². The minimum absolute atomic E-state index is 0.123. The van der Waals surface area contributed by atoms with Crippen LogP contribution in [-0.4, -0.2) is 39.0 Å². The Kier molecular flexibility index (Phi) is 4.94. The van der Waals surface area contributed by atoms with E-state index in [1.807, 2.05) is 0 Å². The molecule has 4 nitrogen and oxygen atoms in total. The van der Waals surface area contributed by atoms with Crippen molar-refractivity contribution in [2.24, 2.45) is 5.41 Å². The summed E-state index contributed by atoms with van der Waals surface area (Å²) >= 11 is 0. The Labute approximate surface area is 90.2 Å². The first-order chi connectivity index (χ1) is 7.26. The van der Waals surface area contributed by atoms with Crippen LogP contribution in [0.2, 0.25) is 0 Å². The van der Waals surface area contributed by atoms with E-state index in [4.69, 9.17) is 14.2 Å². The van der Waals surface area contributed by atoms with Crippen molar-refractivity contribution in [1.29, 1.82) is 0 Å². The molecule has 0 aromatic carbocycles. The molecule has 0 unspecified atom stereocenters. The van der Waals surface area contributed by atoms with Gasteiger partial charge in [-0.3, -0.25) is 4.79 Å². The summed E-state index contributed by atoms with van der Waals surface area (Å²) in [4.78, 5) is 10.4. The molecule has 1 aliphatic heterocycles. The number of hydrogen-bond donors (Lipinski definition) is 0. The van der Waals surface area contributed by atoms with Crippen LogP contribution in [0.5, 0.6) is 0 Å². The van der Waals surface area contributed by atoms with Crippen molar-refractivity contribution in [2.75, 3.05) is 26.4 Å². The van der Waals surface area contributed by atoms with Crippen molar-refractivity contribution in [3.05, 3.63) is 12.7 Å². The summed E-state index contributed by atoms with van der Waals surface area (Å²) in [5.74, 6) is 0. The zero-order chi connectivity index (χ0) is 11.1. The van der Waals surface area contributed by atoms with E-state index in [1.54, 1.807) is 6.08 Å². The number of rotatable bonds is 6. The third-order valence-electron chi connectivity index (χ3n) is 2.61. The Morgan fingerprint density at radius 2 is 2.20 bits per heavy atom. The van der Waals surface area contributed by atoms with Crippen LogP contribution in [0.3, 0.4) is 0 Å². The second-order valence-electron chi connectivity index (χ2n) is 3.78. The van der Waals surface area contributed by atoms with Gasteiger partial charge in [-0.15, -0.1) is 6.58 Å². The minimum atomic E-state index is -0.705. The lowest BCUT2D eigenvalue weighted by molar-refractivity contribution is -0.226. The van der Waals surface area contributed by atoms with Gasteiger partial charge in [-0.2, -0.15) is 0 Å². The van der Waals surface area contributed by atoms with Gasteiger partial charge in [-0.05, 0) is 6.42 Å². The molecule has 1 heterocycles. The lowest BCUT2D eigenvalue weighted by Crippen LogP contribution is -2.45. The van der Waals surface area contributed by atoms with E-state index in [0.717, 1.165) is 6.42 Å². The SMILES string of the molecule is C=CCOCC1(CC)COC(C=O)OC1. The lowest BCUT2D eigenvalue weighted by Gasteiger charge is -2.37. The maximum absolute atomic E-state index is 10.4. The van der Waals surface area contributed by atoms with E-state index < -0.39 is 6.29 Å². The summed E-state index contributed by atoms with van der Waals surface area (Å²) < 4.78 is 16.0. The van der Waals surface area contributed by atoms with Crippen LogP contribution in [0.4, 0.5) is 0 Å². The first kappa shape index (κ1) is 12.4. The third kappa shape index (κ3) is 3.41. The highest BCUT2D eigenvalue weighted by Gasteiger charge is 2.35. The number of carbonyl (C=O) groups excluding carboxylic acids is 1. The molecule has 0 aromatic rings. The second-order valence-corrected chi connectivity index (χ2v) is 3.78. The van der Waals surface area contributed by atoms with Crippen molar-refractivity contribution < 1.29 is 19.0 Å². The molecule has 15 heavy (non-hydrogen) atoms. The molecule has 0 atom stereocenters. The smallest absolute Gasteiger partial charge is 0.214 e. The molecule has 0 aromatic heterocycles. The maximum Gasteiger partial charge on any atom is 0.214 e. The molecular weight excluding hydrogens is 196 g/mol. The monoisotopic (exact) mass is 214 g/mol. The van der Waals surface area contributed by atoms with E-state index in [2.05, 4.69) is 13.5 Å². The fourth-order valence-electron chi connectivity index (χ4n) is 1.43. The number of hydrogen-bond acceptors (Lipinski definition) is 4. The van der Waals surface area contributed by atoms with E-state index in [0.29, 0.717) is 32.7 Å². The van der Waals surface area contributed by atoms with Crippen molar-refractivity contribution in [2.45, 2.75) is 19.6 Å². The van der Waals surface area contributed by atoms with Crippen molar-refractivity contribution in [1.82, 2.24) is 0 Å². The summed E-state index contributed by atoms with van der Waals surface area (Å²) in [7, 11) is 0. The maximum atomic E-state index is 10.4. The standard InChI is InChI=1S/C11H18O4/c1-3-5-13-7-11(4-2)8-14-10(6-12)15-9-11/h3,6,10H,1,4-5,7-9H2,2H3. The van der Waals surface area contributed by atoms with Crippen LogP contribution < -0.4 is 0 Å². The third-order valence-corrected chi connectivity index (χ3v) is 2.61. The molecule has 0 N–H and O–H groups in total. The zero-order valence-electron chi connectivity index (χ0n) is 9.11. The Bertz CT molecular complexity index is 201.